The van der Waals surface area contributed by atoms with Crippen LogP contribution in [0, 0.1) is 6.92 Å². The van der Waals surface area contributed by atoms with Crippen LogP contribution >= 0.6 is 0 Å². The van der Waals surface area contributed by atoms with Gasteiger partial charge in [0.2, 0.25) is 0 Å². The van der Waals surface area contributed by atoms with Gasteiger partial charge in [-0.3, -0.25) is 0 Å². The highest BCUT2D eigenvalue weighted by atomic mass is 16.5. The highest BCUT2D eigenvalue weighted by Gasteiger charge is 2.13. The number of benzene rings is 1. The van der Waals surface area contributed by atoms with E-state index in [-0.39, 0.29) is 5.56 Å². The molecule has 0 spiro atoms. The Morgan fingerprint density at radius 1 is 1.33 bits per heavy atom. The van der Waals surface area contributed by atoms with Gasteiger partial charge in [0.25, 0.3) is 0 Å². The number of nitrogens with zero attached hydrogens (tertiary/aromatic N) is 2. The van der Waals surface area contributed by atoms with Crippen molar-refractivity contribution >= 4 is 5.97 Å². The monoisotopic (exact) mass is 244 g/mol. The lowest BCUT2D eigenvalue weighted by atomic mass is 10.1. The summed E-state index contributed by atoms with van der Waals surface area (Å²) in [6.45, 7) is 1.64. The van der Waals surface area contributed by atoms with Crippen molar-refractivity contribution in [3.05, 3.63) is 41.7 Å². The molecule has 0 unspecified atom stereocenters. The molecule has 92 valence electrons. The van der Waals surface area contributed by atoms with Gasteiger partial charge in [0.15, 0.2) is 5.82 Å². The topological polar surface area (TPSA) is 72.3 Å². The van der Waals surface area contributed by atoms with Crippen molar-refractivity contribution in [3.63, 3.8) is 0 Å². The SMILES string of the molecule is COc1ccccc1-c1ncc(C(=O)O)c(C)n1. The standard InChI is InChI=1S/C13H12N2O3/c1-8-10(13(16)17)7-14-12(15-8)9-5-3-4-6-11(9)18-2/h3-7H,1-2H3,(H,16,17). The molecule has 5 nitrogen and oxygen atoms in total. The Hall–Kier alpha value is -2.43. The van der Waals surface area contributed by atoms with E-state index in [4.69, 9.17) is 9.84 Å². The van der Waals surface area contributed by atoms with Crippen molar-refractivity contribution < 1.29 is 14.6 Å². The van der Waals surface area contributed by atoms with Gasteiger partial charge in [-0.25, -0.2) is 14.8 Å². The van der Waals surface area contributed by atoms with Crippen LogP contribution in [0.3, 0.4) is 0 Å². The van der Waals surface area contributed by atoms with Crippen LogP contribution in [0.5, 0.6) is 5.75 Å². The van der Waals surface area contributed by atoms with Gasteiger partial charge in [0.1, 0.15) is 5.75 Å². The van der Waals surface area contributed by atoms with Crippen LogP contribution in [0.4, 0.5) is 0 Å². The molecule has 0 aliphatic heterocycles. The summed E-state index contributed by atoms with van der Waals surface area (Å²) >= 11 is 0. The van der Waals surface area contributed by atoms with E-state index in [9.17, 15) is 4.79 Å². The number of hydrogen-bond acceptors (Lipinski definition) is 4. The summed E-state index contributed by atoms with van der Waals surface area (Å²) < 4.78 is 5.22. The van der Waals surface area contributed by atoms with Gasteiger partial charge in [0.05, 0.1) is 23.9 Å². The second-order valence-electron chi connectivity index (χ2n) is 3.70. The average Bonchev–Trinajstić information content (AvgIpc) is 2.38. The molecule has 0 saturated heterocycles. The second-order valence-corrected chi connectivity index (χ2v) is 3.70. The van der Waals surface area contributed by atoms with Crippen LogP contribution < -0.4 is 4.74 Å². The predicted molar refractivity (Wildman–Crippen MR) is 65.7 cm³/mol. The average molecular weight is 244 g/mol. The molecule has 2 aromatic rings. The maximum atomic E-state index is 10.9. The number of hydrogen-bond donors (Lipinski definition) is 1. The Labute approximate surface area is 104 Å². The number of carbonyl (C=O) groups is 1. The Morgan fingerprint density at radius 2 is 2.06 bits per heavy atom. The minimum Gasteiger partial charge on any atom is -0.496 e. The van der Waals surface area contributed by atoms with Gasteiger partial charge in [-0.2, -0.15) is 0 Å². The predicted octanol–water partition coefficient (Wildman–Crippen LogP) is 2.16. The molecule has 1 N–H and O–H groups in total. The van der Waals surface area contributed by atoms with Gasteiger partial charge in [-0.15, -0.1) is 0 Å². The summed E-state index contributed by atoms with van der Waals surface area (Å²) in [6.07, 6.45) is 1.31. The fourth-order valence-corrected chi connectivity index (χ4v) is 1.64. The van der Waals surface area contributed by atoms with E-state index in [0.29, 0.717) is 17.3 Å². The van der Waals surface area contributed by atoms with E-state index in [0.717, 1.165) is 5.56 Å². The van der Waals surface area contributed by atoms with E-state index in [1.54, 1.807) is 20.1 Å². The summed E-state index contributed by atoms with van der Waals surface area (Å²) in [5.74, 6) is 0.0778. The number of carboxylic acid groups (broad SMARTS) is 1. The lowest BCUT2D eigenvalue weighted by Gasteiger charge is -2.08. The second kappa shape index (κ2) is 4.83. The van der Waals surface area contributed by atoms with E-state index < -0.39 is 5.97 Å². The number of para-hydroxylation sites is 1. The summed E-state index contributed by atoms with van der Waals surface area (Å²) in [6, 6.07) is 7.33. The van der Waals surface area contributed by atoms with Crippen LogP contribution in [0.1, 0.15) is 16.1 Å². The number of aryl methyl sites for hydroxylation is 1. The van der Waals surface area contributed by atoms with Gasteiger partial charge in [0, 0.05) is 6.20 Å². The first-order chi connectivity index (χ1) is 8.63. The number of aromatic nitrogens is 2. The Kier molecular flexibility index (Phi) is 3.23. The number of ether oxygens (including phenoxy) is 1. The van der Waals surface area contributed by atoms with Gasteiger partial charge < -0.3 is 9.84 Å². The van der Waals surface area contributed by atoms with Crippen molar-refractivity contribution in [2.45, 2.75) is 6.92 Å². The zero-order valence-corrected chi connectivity index (χ0v) is 10.0. The fourth-order valence-electron chi connectivity index (χ4n) is 1.64. The maximum Gasteiger partial charge on any atom is 0.339 e. The third kappa shape index (κ3) is 2.15. The Bertz CT molecular complexity index is 597. The third-order valence-electron chi connectivity index (χ3n) is 2.56. The smallest absolute Gasteiger partial charge is 0.339 e. The van der Waals surface area contributed by atoms with E-state index in [1.165, 1.54) is 6.20 Å². The van der Waals surface area contributed by atoms with Crippen LogP contribution in [-0.2, 0) is 0 Å². The summed E-state index contributed by atoms with van der Waals surface area (Å²) in [7, 11) is 1.57. The molecule has 0 aliphatic carbocycles. The lowest BCUT2D eigenvalue weighted by Crippen LogP contribution is -2.04. The molecule has 0 radical (unpaired) electrons. The molecular weight excluding hydrogens is 232 g/mol. The molecule has 0 fully saturated rings. The Balaban J connectivity index is 2.52. The van der Waals surface area contributed by atoms with Crippen molar-refractivity contribution in [2.75, 3.05) is 7.11 Å². The molecule has 1 aromatic heterocycles. The lowest BCUT2D eigenvalue weighted by molar-refractivity contribution is 0.0695. The molecule has 0 amide bonds. The highest BCUT2D eigenvalue weighted by molar-refractivity contribution is 5.88. The molecular formula is C13H12N2O3. The number of rotatable bonds is 3. The summed E-state index contributed by atoms with van der Waals surface area (Å²) in [4.78, 5) is 19.2. The highest BCUT2D eigenvalue weighted by Crippen LogP contribution is 2.26. The van der Waals surface area contributed by atoms with Crippen molar-refractivity contribution in [1.82, 2.24) is 9.97 Å². The minimum atomic E-state index is -1.03. The number of aromatic carboxylic acids is 1. The molecule has 0 bridgehead atoms. The first-order valence-corrected chi connectivity index (χ1v) is 5.34. The van der Waals surface area contributed by atoms with Gasteiger partial charge in [-0.05, 0) is 19.1 Å². The van der Waals surface area contributed by atoms with E-state index in [2.05, 4.69) is 9.97 Å². The van der Waals surface area contributed by atoms with Crippen LogP contribution in [0.2, 0.25) is 0 Å². The van der Waals surface area contributed by atoms with E-state index >= 15 is 0 Å². The van der Waals surface area contributed by atoms with Crippen LogP contribution in [-0.4, -0.2) is 28.2 Å². The maximum absolute atomic E-state index is 10.9. The molecule has 1 aromatic carbocycles. The van der Waals surface area contributed by atoms with Gasteiger partial charge >= 0.3 is 5.97 Å². The number of methoxy groups -OCH3 is 1. The minimum absolute atomic E-state index is 0.105. The number of carboxylic acids is 1. The first kappa shape index (κ1) is 12.0. The molecule has 0 saturated carbocycles. The van der Waals surface area contributed by atoms with Gasteiger partial charge in [-0.1, -0.05) is 12.1 Å². The fraction of sp³-hybridized carbons (Fsp3) is 0.154. The van der Waals surface area contributed by atoms with Crippen LogP contribution in [0.15, 0.2) is 30.5 Å². The largest absolute Gasteiger partial charge is 0.496 e. The van der Waals surface area contributed by atoms with E-state index in [1.807, 2.05) is 18.2 Å². The molecule has 0 aliphatic rings. The van der Waals surface area contributed by atoms with Crippen LogP contribution in [0.25, 0.3) is 11.4 Å². The normalized spacial score (nSPS) is 10.1. The van der Waals surface area contributed by atoms with Crippen molar-refractivity contribution in [2.24, 2.45) is 0 Å². The molecule has 1 heterocycles. The molecule has 0 atom stereocenters. The van der Waals surface area contributed by atoms with Crippen molar-refractivity contribution in [3.8, 4) is 17.1 Å². The zero-order chi connectivity index (χ0) is 13.1. The zero-order valence-electron chi connectivity index (χ0n) is 10.0. The molecule has 2 rings (SSSR count). The van der Waals surface area contributed by atoms with Crippen molar-refractivity contribution in [1.29, 1.82) is 0 Å². The molecule has 5 heteroatoms. The third-order valence-corrected chi connectivity index (χ3v) is 2.56. The quantitative estimate of drug-likeness (QED) is 0.895. The first-order valence-electron chi connectivity index (χ1n) is 5.34. The summed E-state index contributed by atoms with van der Waals surface area (Å²) in [5.41, 5.74) is 1.27. The Morgan fingerprint density at radius 3 is 2.67 bits per heavy atom. The molecule has 18 heavy (non-hydrogen) atoms. The summed E-state index contributed by atoms with van der Waals surface area (Å²) in [5, 5.41) is 8.92.